The second-order valence-electron chi connectivity index (χ2n) is 20.3. The average molecular weight is 1180 g/mol. The van der Waals surface area contributed by atoms with Crippen LogP contribution in [0.2, 0.25) is 17.3 Å². The minimum Gasteiger partial charge on any atom is 3.00 e. The monoisotopic (exact) mass is 1180 g/mol. The van der Waals surface area contributed by atoms with Crippen LogP contribution in [-0.4, -0.2) is 22.8 Å². The van der Waals surface area contributed by atoms with Gasteiger partial charge in [-0.15, -0.1) is 18.2 Å². The molecule has 0 N–H and O–H groups in total. The van der Waals surface area contributed by atoms with Crippen LogP contribution in [0.1, 0.15) is 53.0 Å². The first-order valence-electron chi connectivity index (χ1n) is 24.5. The van der Waals surface area contributed by atoms with E-state index in [9.17, 15) is 4.39 Å². The van der Waals surface area contributed by atoms with E-state index < -0.39 is 19.2 Å². The van der Waals surface area contributed by atoms with Crippen LogP contribution in [0, 0.1) is 24.0 Å². The van der Waals surface area contributed by atoms with E-state index in [2.05, 4.69) is 194 Å². The summed E-state index contributed by atoms with van der Waals surface area (Å²) < 4.78 is 28.2. The average Bonchev–Trinajstić information content (AvgIpc) is 3.95. The van der Waals surface area contributed by atoms with Crippen molar-refractivity contribution in [3.8, 4) is 61.6 Å². The second-order valence-corrected chi connectivity index (χ2v) is 31.9. The SMILES string of the molecule is CC(C)(C)c1cc(-c2ccccc2)c(-n2c(-c3[c-]ccc4c3sc3cc(-c5ccc(F)cc5)ccc34)nc3ccccc32)c(-c2ccccc2)c1.[2H]C(C)(C)c1cc(-c2[c-]cccc2)[c-]c[c]1[Ge]([CH3])([CH3])[CH3].[Ir+3]. The molecule has 352 valence electrons. The van der Waals surface area contributed by atoms with Crippen LogP contribution < -0.4 is 4.40 Å². The molecular formula is C65H56FGeIrN2S. The molecule has 0 spiro atoms. The fourth-order valence-electron chi connectivity index (χ4n) is 9.38. The number of imidazole rings is 1. The molecule has 2 aromatic heterocycles. The molecular weight excluding hydrogens is 1120 g/mol. The van der Waals surface area contributed by atoms with Crippen LogP contribution in [-0.2, 0) is 25.5 Å². The van der Waals surface area contributed by atoms with Crippen molar-refractivity contribution in [2.24, 2.45) is 0 Å². The Bertz CT molecular complexity index is 3640. The van der Waals surface area contributed by atoms with Gasteiger partial charge in [0.25, 0.3) is 0 Å². The summed E-state index contributed by atoms with van der Waals surface area (Å²) in [6.07, 6.45) is 0. The molecule has 0 unspecified atom stereocenters. The Kier molecular flexibility index (Phi) is 14.0. The molecule has 0 saturated carbocycles. The molecule has 0 fully saturated rings. The van der Waals surface area contributed by atoms with Gasteiger partial charge in [0.05, 0.1) is 22.5 Å². The van der Waals surface area contributed by atoms with Crippen molar-refractivity contribution >= 4 is 60.2 Å². The zero-order valence-corrected chi connectivity index (χ0v) is 46.7. The second kappa shape index (κ2) is 20.5. The summed E-state index contributed by atoms with van der Waals surface area (Å²) in [5, 5.41) is 2.35. The Balaban J connectivity index is 0.000000257. The maximum absolute atomic E-state index is 13.7. The number of halogens is 1. The molecule has 0 aliphatic rings. The first-order valence-corrected chi connectivity index (χ1v) is 32.1. The third kappa shape index (κ3) is 10.2. The van der Waals surface area contributed by atoms with Crippen LogP contribution in [0.25, 0.3) is 92.8 Å². The van der Waals surface area contributed by atoms with Gasteiger partial charge in [-0.1, -0.05) is 129 Å². The van der Waals surface area contributed by atoms with Gasteiger partial charge in [0.2, 0.25) is 0 Å². The molecule has 0 bridgehead atoms. The maximum Gasteiger partial charge on any atom is 3.00 e. The first kappa shape index (κ1) is 48.4. The number of thiophene rings is 1. The van der Waals surface area contributed by atoms with Crippen LogP contribution in [0.5, 0.6) is 0 Å². The van der Waals surface area contributed by atoms with Crippen LogP contribution in [0.15, 0.2) is 188 Å². The Labute approximate surface area is 440 Å². The van der Waals surface area contributed by atoms with Crippen molar-refractivity contribution in [1.82, 2.24) is 9.55 Å². The van der Waals surface area contributed by atoms with Crippen molar-refractivity contribution in [1.29, 1.82) is 0 Å². The molecule has 2 nitrogen and oxygen atoms in total. The van der Waals surface area contributed by atoms with E-state index in [4.69, 9.17) is 6.35 Å². The van der Waals surface area contributed by atoms with Gasteiger partial charge in [0.15, 0.2) is 0 Å². The smallest absolute Gasteiger partial charge is 3.00 e. The van der Waals surface area contributed by atoms with E-state index in [1.807, 2.05) is 56.3 Å². The van der Waals surface area contributed by atoms with Crippen molar-refractivity contribution < 1.29 is 25.9 Å². The molecule has 0 radical (unpaired) electrons. The summed E-state index contributed by atoms with van der Waals surface area (Å²) in [4.78, 5) is 5.40. The zero-order valence-electron chi connectivity index (χ0n) is 42.4. The van der Waals surface area contributed by atoms with E-state index >= 15 is 0 Å². The van der Waals surface area contributed by atoms with Gasteiger partial charge < -0.3 is 4.57 Å². The minimum absolute atomic E-state index is 0. The summed E-state index contributed by atoms with van der Waals surface area (Å²) in [5.41, 5.74) is 15.1. The topological polar surface area (TPSA) is 17.8 Å². The fourth-order valence-corrected chi connectivity index (χ4v) is 14.0. The predicted molar refractivity (Wildman–Crippen MR) is 300 cm³/mol. The van der Waals surface area contributed by atoms with Crippen LogP contribution >= 0.6 is 11.3 Å². The van der Waals surface area contributed by atoms with Crippen molar-refractivity contribution in [2.75, 3.05) is 0 Å². The van der Waals surface area contributed by atoms with Crippen LogP contribution in [0.4, 0.5) is 4.39 Å². The minimum atomic E-state index is -1.99. The maximum atomic E-state index is 13.7. The number of aromatic nitrogens is 2. The third-order valence-corrected chi connectivity index (χ3v) is 18.5. The predicted octanol–water partition coefficient (Wildman–Crippen LogP) is 17.9. The normalized spacial score (nSPS) is 12.1. The standard InChI is InChI=1S/C47H34FN2S.C18H22Ge.Ir/c1-47(2,3)34-28-39(31-13-6-4-7-14-31)44(40(29-34)32-15-8-5-9-16-32)50-42-20-11-10-19-41(42)49-46(50)38-18-12-17-37-36-26-23-33(27-43(36)51-45(37)38)30-21-24-35(48)25-22-30;1-14(2)17-13-16(15-9-7-6-8-10-15)11-12-18(17)19(3,4)5;/h4-17,19-29H,1-3H3;6-9,12-14H,1-5H3;/q-1;-2;+3/i;14D;. The summed E-state index contributed by atoms with van der Waals surface area (Å²) in [6.45, 7) is 10.8. The quantitative estimate of drug-likeness (QED) is 0.110. The molecule has 71 heavy (non-hydrogen) atoms. The Hall–Kier alpha value is -6.21. The molecule has 0 aliphatic carbocycles. The molecule has 0 atom stereocenters. The number of rotatable bonds is 8. The van der Waals surface area contributed by atoms with Gasteiger partial charge in [-0.25, -0.2) is 4.39 Å². The number of hydrogen-bond donors (Lipinski definition) is 0. The van der Waals surface area contributed by atoms with Crippen LogP contribution in [0.3, 0.4) is 0 Å². The Morgan fingerprint density at radius 2 is 1.27 bits per heavy atom. The van der Waals surface area contributed by atoms with Gasteiger partial charge in [-0.2, -0.15) is 11.3 Å². The van der Waals surface area contributed by atoms with Crippen molar-refractivity contribution in [3.63, 3.8) is 0 Å². The van der Waals surface area contributed by atoms with E-state index in [1.54, 1.807) is 11.3 Å². The van der Waals surface area contributed by atoms with E-state index in [1.165, 1.54) is 37.6 Å². The van der Waals surface area contributed by atoms with E-state index in [0.717, 1.165) is 82.9 Å². The first-order chi connectivity index (χ1) is 34.0. The number of hydrogen-bond acceptors (Lipinski definition) is 2. The molecule has 11 rings (SSSR count). The van der Waals surface area contributed by atoms with Crippen molar-refractivity contribution in [2.45, 2.75) is 63.2 Å². The molecule has 9 aromatic carbocycles. The summed E-state index contributed by atoms with van der Waals surface area (Å²) in [5.74, 6) is 7.15. The summed E-state index contributed by atoms with van der Waals surface area (Å²) in [6, 6.07) is 74.5. The number of nitrogens with zero attached hydrogens (tertiary/aromatic N) is 2. The number of benzene rings is 9. The third-order valence-electron chi connectivity index (χ3n) is 13.1. The van der Waals surface area contributed by atoms with Gasteiger partial charge in [-0.05, 0) is 85.8 Å². The van der Waals surface area contributed by atoms with E-state index in [-0.39, 0.29) is 31.3 Å². The van der Waals surface area contributed by atoms with Gasteiger partial charge in [0.1, 0.15) is 5.82 Å². The van der Waals surface area contributed by atoms with Gasteiger partial charge in [0, 0.05) is 15.8 Å². The molecule has 0 amide bonds. The molecule has 11 aromatic rings. The number of para-hydroxylation sites is 2. The number of fused-ring (bicyclic) bond motifs is 4. The van der Waals surface area contributed by atoms with E-state index in [0.29, 0.717) is 0 Å². The molecule has 6 heteroatoms. The zero-order chi connectivity index (χ0) is 49.7. The Morgan fingerprint density at radius 3 is 1.89 bits per heavy atom. The molecule has 0 saturated heterocycles. The van der Waals surface area contributed by atoms with Gasteiger partial charge in [-0.3, -0.25) is 4.98 Å². The fraction of sp³-hybridized carbons (Fsp3) is 0.154. The molecule has 2 heterocycles. The molecule has 0 aliphatic heterocycles. The van der Waals surface area contributed by atoms with Crippen molar-refractivity contribution in [3.05, 3.63) is 223 Å². The largest absolute Gasteiger partial charge is 3.00 e. The summed E-state index contributed by atoms with van der Waals surface area (Å²) in [7, 11) is 0. The van der Waals surface area contributed by atoms with Gasteiger partial charge >= 0.3 is 141 Å². The summed E-state index contributed by atoms with van der Waals surface area (Å²) >= 11 is -0.237. The Morgan fingerprint density at radius 1 is 0.634 bits per heavy atom.